The summed E-state index contributed by atoms with van der Waals surface area (Å²) in [6.07, 6.45) is 0. The van der Waals surface area contributed by atoms with Gasteiger partial charge in [0, 0.05) is 22.6 Å². The third-order valence-electron chi connectivity index (χ3n) is 2.56. The minimum Gasteiger partial charge on any atom is -0.399 e. The van der Waals surface area contributed by atoms with Crippen molar-refractivity contribution in [3.63, 3.8) is 0 Å². The molecule has 2 aromatic rings. The lowest BCUT2D eigenvalue weighted by Crippen LogP contribution is -2.14. The van der Waals surface area contributed by atoms with Gasteiger partial charge in [-0.2, -0.15) is 0 Å². The Morgan fingerprint density at radius 1 is 0.842 bits per heavy atom. The molecule has 6 nitrogen and oxygen atoms in total. The number of benzene rings is 2. The molecule has 0 saturated heterocycles. The van der Waals surface area contributed by atoms with Crippen molar-refractivity contribution in [3.05, 3.63) is 42.0 Å². The van der Waals surface area contributed by atoms with Crippen LogP contribution in [0.1, 0.15) is 10.4 Å². The fourth-order valence-electron chi connectivity index (χ4n) is 1.70. The lowest BCUT2D eigenvalue weighted by molar-refractivity contribution is 0.102. The molecule has 0 aliphatic carbocycles. The van der Waals surface area contributed by atoms with E-state index in [9.17, 15) is 4.79 Å². The van der Waals surface area contributed by atoms with Crippen LogP contribution in [0.4, 0.5) is 28.4 Å². The zero-order valence-electron chi connectivity index (χ0n) is 10.2. The average Bonchev–Trinajstić information content (AvgIpc) is 2.31. The highest BCUT2D eigenvalue weighted by molar-refractivity contribution is 6.06. The Morgan fingerprint density at radius 2 is 1.47 bits per heavy atom. The van der Waals surface area contributed by atoms with Crippen LogP contribution in [-0.4, -0.2) is 5.91 Å². The zero-order chi connectivity index (χ0) is 14.0. The van der Waals surface area contributed by atoms with Crippen molar-refractivity contribution in [2.24, 2.45) is 0 Å². The minimum absolute atomic E-state index is 0.338. The monoisotopic (exact) mass is 257 g/mol. The lowest BCUT2D eigenvalue weighted by Gasteiger charge is -2.09. The smallest absolute Gasteiger partial charge is 0.255 e. The van der Waals surface area contributed by atoms with Crippen molar-refractivity contribution >= 4 is 34.3 Å². The minimum atomic E-state index is -0.338. The fraction of sp³-hybridized carbons (Fsp3) is 0. The molecule has 0 spiro atoms. The maximum atomic E-state index is 12.0. The van der Waals surface area contributed by atoms with E-state index >= 15 is 0 Å². The van der Waals surface area contributed by atoms with E-state index in [0.717, 1.165) is 0 Å². The molecule has 98 valence electrons. The first kappa shape index (κ1) is 12.6. The molecule has 0 fully saturated rings. The third-order valence-corrected chi connectivity index (χ3v) is 2.56. The molecule has 0 radical (unpaired) electrons. The molecule has 0 aliphatic rings. The van der Waals surface area contributed by atoms with Gasteiger partial charge in [0.15, 0.2) is 0 Å². The van der Waals surface area contributed by atoms with Crippen LogP contribution in [0.3, 0.4) is 0 Å². The number of carbonyl (C=O) groups excluding carboxylic acids is 1. The summed E-state index contributed by atoms with van der Waals surface area (Å²) in [4.78, 5) is 12.0. The van der Waals surface area contributed by atoms with Crippen LogP contribution in [0.25, 0.3) is 0 Å². The summed E-state index contributed by atoms with van der Waals surface area (Å²) in [5.74, 6) is -0.338. The first-order valence-electron chi connectivity index (χ1n) is 5.58. The summed E-state index contributed by atoms with van der Waals surface area (Å²) >= 11 is 0. The molecule has 0 aromatic heterocycles. The number of nitrogen functional groups attached to an aromatic ring is 4. The highest BCUT2D eigenvalue weighted by Gasteiger charge is 2.09. The van der Waals surface area contributed by atoms with Crippen molar-refractivity contribution in [1.29, 1.82) is 0 Å². The Labute approximate surface area is 110 Å². The molecule has 1 amide bonds. The van der Waals surface area contributed by atoms with Crippen molar-refractivity contribution in [3.8, 4) is 0 Å². The molecule has 9 N–H and O–H groups in total. The van der Waals surface area contributed by atoms with Gasteiger partial charge in [0.25, 0.3) is 5.91 Å². The number of carbonyl (C=O) groups is 1. The van der Waals surface area contributed by atoms with Crippen LogP contribution in [-0.2, 0) is 0 Å². The molecule has 0 bridgehead atoms. The Morgan fingerprint density at radius 3 is 2.05 bits per heavy atom. The van der Waals surface area contributed by atoms with E-state index in [1.807, 2.05) is 0 Å². The first-order chi connectivity index (χ1) is 8.95. The highest BCUT2D eigenvalue weighted by Crippen LogP contribution is 2.22. The molecule has 0 saturated carbocycles. The molecule has 0 aliphatic heterocycles. The number of nitrogens with one attached hydrogen (secondary N) is 1. The van der Waals surface area contributed by atoms with Gasteiger partial charge in [-0.1, -0.05) is 0 Å². The van der Waals surface area contributed by atoms with E-state index in [-0.39, 0.29) is 5.91 Å². The molecule has 19 heavy (non-hydrogen) atoms. The predicted molar refractivity (Wildman–Crippen MR) is 78.5 cm³/mol. The quantitative estimate of drug-likeness (QED) is 0.516. The summed E-state index contributed by atoms with van der Waals surface area (Å²) in [6.45, 7) is 0. The van der Waals surface area contributed by atoms with Gasteiger partial charge in [-0.25, -0.2) is 0 Å². The van der Waals surface area contributed by atoms with Crippen molar-refractivity contribution in [2.75, 3.05) is 28.3 Å². The second kappa shape index (κ2) is 4.77. The van der Waals surface area contributed by atoms with E-state index < -0.39 is 0 Å². The summed E-state index contributed by atoms with van der Waals surface area (Å²) in [7, 11) is 0. The van der Waals surface area contributed by atoms with E-state index in [4.69, 9.17) is 22.9 Å². The van der Waals surface area contributed by atoms with Crippen LogP contribution in [0, 0.1) is 0 Å². The Balaban J connectivity index is 2.25. The largest absolute Gasteiger partial charge is 0.399 e. The Kier molecular flexibility index (Phi) is 3.15. The number of hydrogen-bond acceptors (Lipinski definition) is 5. The normalized spacial score (nSPS) is 10.1. The topological polar surface area (TPSA) is 133 Å². The van der Waals surface area contributed by atoms with Crippen LogP contribution in [0.15, 0.2) is 36.4 Å². The standard InChI is InChI=1S/C13H15N5O/c14-8-1-2-12(11(17)6-8)18-13(19)7-3-9(15)5-10(16)4-7/h1-6H,14-17H2,(H,18,19). The van der Waals surface area contributed by atoms with Crippen LogP contribution < -0.4 is 28.3 Å². The van der Waals surface area contributed by atoms with E-state index in [2.05, 4.69) is 5.32 Å². The van der Waals surface area contributed by atoms with Gasteiger partial charge >= 0.3 is 0 Å². The van der Waals surface area contributed by atoms with Gasteiger partial charge in [-0.3, -0.25) is 4.79 Å². The van der Waals surface area contributed by atoms with Gasteiger partial charge in [0.1, 0.15) is 0 Å². The number of nitrogens with two attached hydrogens (primary N) is 4. The number of hydrogen-bond donors (Lipinski definition) is 5. The van der Waals surface area contributed by atoms with E-state index in [1.54, 1.807) is 36.4 Å². The first-order valence-corrected chi connectivity index (χ1v) is 5.58. The SMILES string of the molecule is Nc1cc(N)cc(C(=O)Nc2ccc(N)cc2N)c1. The molecule has 0 atom stereocenters. The maximum absolute atomic E-state index is 12.0. The number of anilines is 5. The average molecular weight is 257 g/mol. The number of rotatable bonds is 2. The molecule has 2 rings (SSSR count). The third kappa shape index (κ3) is 2.86. The maximum Gasteiger partial charge on any atom is 0.255 e. The lowest BCUT2D eigenvalue weighted by atomic mass is 10.1. The number of amides is 1. The van der Waals surface area contributed by atoms with E-state index in [0.29, 0.717) is 34.0 Å². The van der Waals surface area contributed by atoms with Gasteiger partial charge in [-0.15, -0.1) is 0 Å². The summed E-state index contributed by atoms with van der Waals surface area (Å²) < 4.78 is 0. The molecular formula is C13H15N5O. The highest BCUT2D eigenvalue weighted by atomic mass is 16.1. The molecule has 0 unspecified atom stereocenters. The Bertz CT molecular complexity index is 619. The fourth-order valence-corrected chi connectivity index (χ4v) is 1.70. The molecule has 0 heterocycles. The van der Waals surface area contributed by atoms with Crippen LogP contribution >= 0.6 is 0 Å². The van der Waals surface area contributed by atoms with E-state index in [1.165, 1.54) is 0 Å². The summed E-state index contributed by atoms with van der Waals surface area (Å²) in [6, 6.07) is 9.52. The second-order valence-corrected chi connectivity index (χ2v) is 4.19. The van der Waals surface area contributed by atoms with Gasteiger partial charge in [0.05, 0.1) is 11.4 Å². The summed E-state index contributed by atoms with van der Waals surface area (Å²) in [5.41, 5.74) is 25.3. The second-order valence-electron chi connectivity index (χ2n) is 4.19. The van der Waals surface area contributed by atoms with Crippen LogP contribution in [0.2, 0.25) is 0 Å². The predicted octanol–water partition coefficient (Wildman–Crippen LogP) is 1.27. The molecule has 2 aromatic carbocycles. The zero-order valence-corrected chi connectivity index (χ0v) is 10.2. The van der Waals surface area contributed by atoms with Gasteiger partial charge in [0.2, 0.25) is 0 Å². The van der Waals surface area contributed by atoms with Crippen molar-refractivity contribution in [1.82, 2.24) is 0 Å². The van der Waals surface area contributed by atoms with Crippen LogP contribution in [0.5, 0.6) is 0 Å². The van der Waals surface area contributed by atoms with Crippen molar-refractivity contribution < 1.29 is 4.79 Å². The molecular weight excluding hydrogens is 242 g/mol. The van der Waals surface area contributed by atoms with Crippen molar-refractivity contribution in [2.45, 2.75) is 0 Å². The van der Waals surface area contributed by atoms with Gasteiger partial charge < -0.3 is 28.3 Å². The summed E-state index contributed by atoms with van der Waals surface area (Å²) in [5, 5.41) is 2.68. The molecule has 6 heteroatoms. The van der Waals surface area contributed by atoms with Gasteiger partial charge in [-0.05, 0) is 36.4 Å². The Hall–Kier alpha value is -2.89.